The van der Waals surface area contributed by atoms with Gasteiger partial charge in [-0.25, -0.2) is 0 Å². The second kappa shape index (κ2) is 17.1. The van der Waals surface area contributed by atoms with Crippen molar-refractivity contribution in [1.82, 2.24) is 0 Å². The summed E-state index contributed by atoms with van der Waals surface area (Å²) in [7, 11) is 0. The summed E-state index contributed by atoms with van der Waals surface area (Å²) in [5, 5.41) is 0. The van der Waals surface area contributed by atoms with Crippen molar-refractivity contribution in [2.45, 2.75) is 0 Å². The molecule has 12 radical (unpaired) electrons. The Kier molecular flexibility index (Phi) is 125. The number of rotatable bonds is 0. The van der Waals surface area contributed by atoms with Crippen molar-refractivity contribution in [2.75, 3.05) is 0 Å². The maximum atomic E-state index is 0. The Morgan fingerprint density at radius 1 is 0.500 bits per heavy atom. The average Bonchev–Trinajstić information content (AvgIpc) is 0. The van der Waals surface area contributed by atoms with E-state index in [-0.39, 0.29) is 85.2 Å². The zero-order valence-electron chi connectivity index (χ0n) is 2.31. The van der Waals surface area contributed by atoms with Crippen molar-refractivity contribution in [3.63, 3.8) is 0 Å². The van der Waals surface area contributed by atoms with E-state index in [1.807, 2.05) is 0 Å². The van der Waals surface area contributed by atoms with Crippen molar-refractivity contribution >= 4 is 85.2 Å². The summed E-state index contributed by atoms with van der Waals surface area (Å²) in [6.07, 6.45) is 0. The fourth-order valence-electron chi connectivity index (χ4n) is 0. The van der Waals surface area contributed by atoms with E-state index in [9.17, 15) is 0 Å². The van der Waals surface area contributed by atoms with Crippen molar-refractivity contribution in [2.24, 2.45) is 0 Å². The van der Waals surface area contributed by atoms with Crippen LogP contribution in [-0.4, -0.2) is 85.2 Å². The van der Waals surface area contributed by atoms with Crippen LogP contribution in [0.1, 0.15) is 0 Å². The first-order valence-electron chi connectivity index (χ1n) is 0. The van der Waals surface area contributed by atoms with E-state index in [1.165, 1.54) is 0 Å². The minimum atomic E-state index is 0. The van der Waals surface area contributed by atoms with Crippen LogP contribution in [-0.2, 0) is 0 Å². The van der Waals surface area contributed by atoms with Crippen LogP contribution in [0.2, 0.25) is 0 Å². The molecule has 0 bridgehead atoms. The Hall–Kier alpha value is 2.78. The smallest absolute Gasteiger partial charge is 0 e. The number of hydrogen-bond acceptors (Lipinski definition) is 0. The molecule has 0 aromatic rings. The Balaban J connectivity index is 0. The molecule has 4 heavy (non-hydrogen) atoms. The maximum absolute atomic E-state index is 0. The van der Waals surface area contributed by atoms with Crippen molar-refractivity contribution in [3.8, 4) is 0 Å². The third-order valence-corrected chi connectivity index (χ3v) is 0. The molecule has 4 heteroatoms. The largest absolute Gasteiger partial charge is 0 e. The van der Waals surface area contributed by atoms with E-state index in [0.717, 1.165) is 0 Å². The molecule has 0 fully saturated rings. The molecule has 0 nitrogen and oxygen atoms in total. The van der Waals surface area contributed by atoms with Crippen LogP contribution in [0.15, 0.2) is 0 Å². The normalized spacial score (nSPS) is 0. The van der Waals surface area contributed by atoms with Gasteiger partial charge >= 0.3 is 0 Å². The van der Waals surface area contributed by atoms with E-state index in [0.29, 0.717) is 0 Å². The molecule has 0 aliphatic carbocycles. The van der Waals surface area contributed by atoms with Crippen LogP contribution in [0.5, 0.6) is 0 Å². The van der Waals surface area contributed by atoms with Gasteiger partial charge in [-0.2, -0.15) is 0 Å². The van der Waals surface area contributed by atoms with Gasteiger partial charge in [0.1, 0.15) is 0 Å². The maximum Gasteiger partial charge on any atom is 0 e. The molecule has 0 aromatic heterocycles. The summed E-state index contributed by atoms with van der Waals surface area (Å²) in [4.78, 5) is 0. The Labute approximate surface area is 83.8 Å². The summed E-state index contributed by atoms with van der Waals surface area (Å²) in [5.74, 6) is 0. The van der Waals surface area contributed by atoms with Gasteiger partial charge in [0, 0.05) is 85.2 Å². The van der Waals surface area contributed by atoms with Crippen LogP contribution in [0.3, 0.4) is 0 Å². The van der Waals surface area contributed by atoms with Crippen LogP contribution < -0.4 is 0 Å². The summed E-state index contributed by atoms with van der Waals surface area (Å²) < 4.78 is 0. The molecular formula is Ga3In. The van der Waals surface area contributed by atoms with Gasteiger partial charge < -0.3 is 0 Å². The zero-order valence-corrected chi connectivity index (χ0v) is 12.9. The first kappa shape index (κ1) is 29.3. The van der Waals surface area contributed by atoms with Crippen LogP contribution >= 0.6 is 0 Å². The summed E-state index contributed by atoms with van der Waals surface area (Å²) in [6.45, 7) is 0. The molecule has 12 valence electrons. The molecule has 0 atom stereocenters. The van der Waals surface area contributed by atoms with Gasteiger partial charge in [-0.05, 0) is 0 Å². The molecule has 0 saturated heterocycles. The molecule has 0 aliphatic rings. The summed E-state index contributed by atoms with van der Waals surface area (Å²) >= 11 is 0. The Morgan fingerprint density at radius 3 is 0.500 bits per heavy atom. The van der Waals surface area contributed by atoms with Gasteiger partial charge in [0.25, 0.3) is 0 Å². The molecule has 0 rings (SSSR count). The Morgan fingerprint density at radius 2 is 0.500 bits per heavy atom. The third-order valence-electron chi connectivity index (χ3n) is 0. The van der Waals surface area contributed by atoms with E-state index < -0.39 is 0 Å². The summed E-state index contributed by atoms with van der Waals surface area (Å²) in [5.41, 5.74) is 0. The minimum Gasteiger partial charge on any atom is 0 e. The van der Waals surface area contributed by atoms with Gasteiger partial charge in [-0.3, -0.25) is 0 Å². The van der Waals surface area contributed by atoms with Crippen LogP contribution in [0.4, 0.5) is 0 Å². The molecular weight excluding hydrogens is 324 g/mol. The Bertz CT molecular complexity index is 3.25. The molecule has 0 aliphatic heterocycles. The third kappa shape index (κ3) is 8.84. The molecule has 0 heterocycles. The van der Waals surface area contributed by atoms with Gasteiger partial charge in [-0.15, -0.1) is 0 Å². The van der Waals surface area contributed by atoms with Gasteiger partial charge in [0.15, 0.2) is 0 Å². The molecule has 0 saturated carbocycles. The fourth-order valence-corrected chi connectivity index (χ4v) is 0. The average molecular weight is 324 g/mol. The first-order valence-corrected chi connectivity index (χ1v) is 0. The number of hydrogen-bond donors (Lipinski definition) is 0. The topological polar surface area (TPSA) is 0 Å². The molecule has 0 N–H and O–H groups in total. The molecule has 0 amide bonds. The van der Waals surface area contributed by atoms with E-state index in [1.54, 1.807) is 0 Å². The predicted octanol–water partition coefficient (Wildman–Crippen LogP) is -1.52. The molecule has 0 unspecified atom stereocenters. The molecule has 0 aromatic carbocycles. The SMILES string of the molecule is [Ga].[Ga].[Ga].[In]. The predicted molar refractivity (Wildman–Crippen MR) is 23.0 cm³/mol. The van der Waals surface area contributed by atoms with Gasteiger partial charge in [-0.1, -0.05) is 0 Å². The van der Waals surface area contributed by atoms with E-state index in [2.05, 4.69) is 0 Å². The second-order valence-electron chi connectivity index (χ2n) is 0. The monoisotopic (exact) mass is 322 g/mol. The van der Waals surface area contributed by atoms with Crippen molar-refractivity contribution < 1.29 is 0 Å². The van der Waals surface area contributed by atoms with Crippen molar-refractivity contribution in [3.05, 3.63) is 0 Å². The minimum absolute atomic E-state index is 0. The van der Waals surface area contributed by atoms with E-state index >= 15 is 0 Å². The molecule has 0 spiro atoms. The van der Waals surface area contributed by atoms with E-state index in [4.69, 9.17) is 0 Å². The standard InChI is InChI=1S/3Ga.In. The fraction of sp³-hybridized carbons (Fsp3) is 0. The zero-order chi connectivity index (χ0) is 0. The quantitative estimate of drug-likeness (QED) is 0.475. The van der Waals surface area contributed by atoms with Gasteiger partial charge in [0.2, 0.25) is 0 Å². The van der Waals surface area contributed by atoms with Crippen LogP contribution in [0.25, 0.3) is 0 Å². The van der Waals surface area contributed by atoms with Gasteiger partial charge in [0.05, 0.1) is 0 Å². The van der Waals surface area contributed by atoms with Crippen LogP contribution in [0, 0.1) is 0 Å². The second-order valence-corrected chi connectivity index (χ2v) is 0. The van der Waals surface area contributed by atoms with Crippen molar-refractivity contribution in [1.29, 1.82) is 0 Å². The summed E-state index contributed by atoms with van der Waals surface area (Å²) in [6, 6.07) is 0. The first-order chi connectivity index (χ1) is 0.